The molecule has 10 nitrogen and oxygen atoms in total. The molecule has 0 aliphatic carbocycles. The molecule has 4 aliphatic rings. The number of nitrogens with zero attached hydrogens (tertiary/aromatic N) is 4. The van der Waals surface area contributed by atoms with Crippen molar-refractivity contribution in [3.63, 3.8) is 0 Å². The van der Waals surface area contributed by atoms with Crippen molar-refractivity contribution in [1.29, 1.82) is 0 Å². The zero-order valence-electron chi connectivity index (χ0n) is 27.9. The van der Waals surface area contributed by atoms with Crippen LogP contribution in [0.15, 0.2) is 78.9 Å². The summed E-state index contributed by atoms with van der Waals surface area (Å²) in [4.78, 5) is 61.5. The minimum atomic E-state index is -0.835. The number of benzene rings is 3. The van der Waals surface area contributed by atoms with Crippen molar-refractivity contribution in [3.05, 3.63) is 95.6 Å². The molecule has 5 amide bonds. The molecule has 10 heteroatoms. The average Bonchev–Trinajstić information content (AvgIpc) is 3.88. The maximum atomic E-state index is 14.0. The van der Waals surface area contributed by atoms with Gasteiger partial charge in [-0.3, -0.25) is 19.4 Å². The highest BCUT2D eigenvalue weighted by Gasteiger charge is 2.63. The van der Waals surface area contributed by atoms with Gasteiger partial charge in [0.05, 0.1) is 31.7 Å². The third-order valence-corrected chi connectivity index (χ3v) is 9.99. The molecule has 3 aromatic rings. The number of anilines is 1. The van der Waals surface area contributed by atoms with E-state index >= 15 is 0 Å². The molecule has 3 aromatic carbocycles. The minimum absolute atomic E-state index is 0.000319. The fourth-order valence-corrected chi connectivity index (χ4v) is 7.50. The maximum absolute atomic E-state index is 14.0. The van der Waals surface area contributed by atoms with Gasteiger partial charge in [-0.15, -0.1) is 0 Å². The molecule has 2 unspecified atom stereocenters. The number of methoxy groups -OCH3 is 1. The summed E-state index contributed by atoms with van der Waals surface area (Å²) >= 11 is 0. The molecule has 4 heterocycles. The Morgan fingerprint density at radius 2 is 1.58 bits per heavy atom. The summed E-state index contributed by atoms with van der Waals surface area (Å²) in [5, 5.41) is 0. The lowest BCUT2D eigenvalue weighted by atomic mass is 9.80. The van der Waals surface area contributed by atoms with Gasteiger partial charge in [-0.2, -0.15) is 0 Å². The summed E-state index contributed by atoms with van der Waals surface area (Å²) in [6.07, 6.45) is 1.51. The van der Waals surface area contributed by atoms with Crippen LogP contribution in [0, 0.1) is 5.92 Å². The standard InChI is InChI=1S/C38H42N4O6/c1-38(2,3)48-37(46)39(21-24-13-16-29(47-4)17-14-24)28-12-8-9-25(19-28)20-30-33-35(44)40-23-32(40)31-18-15-27(26-10-6-5-7-11-26)22-41(31)36(45)42(33)34(30)43/h5-14,16-17,19,27,30-33H,15,18,20-23H2,1-4H3/t27-,30+,31?,32?,33-,40?/m0/s1. The van der Waals surface area contributed by atoms with Crippen LogP contribution in [-0.4, -0.2) is 82.6 Å². The first-order chi connectivity index (χ1) is 23.0. The number of urea groups is 1. The Balaban J connectivity index is 1.12. The third kappa shape index (κ3) is 6.00. The lowest BCUT2D eigenvalue weighted by Gasteiger charge is -2.51. The predicted molar refractivity (Wildman–Crippen MR) is 179 cm³/mol. The molecule has 4 saturated heterocycles. The molecule has 0 aromatic heterocycles. The SMILES string of the molecule is COc1ccc(CN(C(=O)OC(C)(C)C)c2cccc(C[C@H]3C(=O)N4C(=O)N5C[C@@H](c6ccccc6)CCC5C5CN5C(=O)[C@H]34)c2)cc1. The molecule has 4 fully saturated rings. The molecule has 0 N–H and O–H groups in total. The fourth-order valence-electron chi connectivity index (χ4n) is 7.50. The summed E-state index contributed by atoms with van der Waals surface area (Å²) in [5.74, 6) is -0.235. The van der Waals surface area contributed by atoms with Gasteiger partial charge in [0.2, 0.25) is 11.8 Å². The molecule has 0 saturated carbocycles. The molecule has 7 rings (SSSR count). The first-order valence-electron chi connectivity index (χ1n) is 16.7. The summed E-state index contributed by atoms with van der Waals surface area (Å²) in [5.41, 5.74) is 2.76. The number of imide groups is 1. The molecule has 0 spiro atoms. The van der Waals surface area contributed by atoms with Crippen molar-refractivity contribution in [2.24, 2.45) is 5.92 Å². The second-order valence-electron chi connectivity index (χ2n) is 14.3. The molecular formula is C38H42N4O6. The lowest BCUT2D eigenvalue weighted by Crippen LogP contribution is -2.72. The van der Waals surface area contributed by atoms with Crippen LogP contribution in [0.25, 0.3) is 0 Å². The summed E-state index contributed by atoms with van der Waals surface area (Å²) in [6.45, 7) is 6.86. The van der Waals surface area contributed by atoms with E-state index in [2.05, 4.69) is 12.1 Å². The smallest absolute Gasteiger partial charge is 0.415 e. The molecule has 0 radical (unpaired) electrons. The number of carbonyl (C=O) groups excluding carboxylic acids is 4. The number of rotatable bonds is 7. The van der Waals surface area contributed by atoms with Crippen LogP contribution < -0.4 is 9.64 Å². The van der Waals surface area contributed by atoms with Crippen molar-refractivity contribution >= 4 is 29.6 Å². The summed E-state index contributed by atoms with van der Waals surface area (Å²) in [6, 6.07) is 23.8. The highest BCUT2D eigenvalue weighted by atomic mass is 16.6. The van der Waals surface area contributed by atoms with Crippen molar-refractivity contribution in [3.8, 4) is 5.75 Å². The van der Waals surface area contributed by atoms with Crippen LogP contribution in [0.1, 0.15) is 56.2 Å². The normalized spacial score (nSPS) is 24.8. The van der Waals surface area contributed by atoms with Gasteiger partial charge in [-0.1, -0.05) is 54.6 Å². The van der Waals surface area contributed by atoms with Gasteiger partial charge >= 0.3 is 12.1 Å². The second-order valence-corrected chi connectivity index (χ2v) is 14.3. The second kappa shape index (κ2) is 12.3. The highest BCUT2D eigenvalue weighted by Crippen LogP contribution is 2.43. The van der Waals surface area contributed by atoms with Crippen LogP contribution in [0.3, 0.4) is 0 Å². The van der Waals surface area contributed by atoms with Gasteiger partial charge in [-0.05, 0) is 81.0 Å². The molecule has 48 heavy (non-hydrogen) atoms. The van der Waals surface area contributed by atoms with Crippen LogP contribution in [0.4, 0.5) is 15.3 Å². The van der Waals surface area contributed by atoms with Crippen molar-refractivity contribution in [2.75, 3.05) is 25.1 Å². The molecular weight excluding hydrogens is 608 g/mol. The third-order valence-electron chi connectivity index (χ3n) is 9.99. The van der Waals surface area contributed by atoms with Crippen molar-refractivity contribution in [1.82, 2.24) is 14.7 Å². The van der Waals surface area contributed by atoms with Crippen molar-refractivity contribution < 1.29 is 28.7 Å². The van der Waals surface area contributed by atoms with Gasteiger partial charge < -0.3 is 19.3 Å². The van der Waals surface area contributed by atoms with E-state index in [-0.39, 0.29) is 48.8 Å². The average molecular weight is 651 g/mol. The number of β-lactam (4-membered cyclic amide) rings is 1. The Hall–Kier alpha value is -4.86. The zero-order chi connectivity index (χ0) is 33.7. The Morgan fingerprint density at radius 3 is 2.29 bits per heavy atom. The Bertz CT molecular complexity index is 1720. The quantitative estimate of drug-likeness (QED) is 0.244. The van der Waals surface area contributed by atoms with Crippen LogP contribution in [0.5, 0.6) is 5.75 Å². The fraction of sp³-hybridized carbons (Fsp3) is 0.421. The van der Waals surface area contributed by atoms with Gasteiger partial charge in [0.15, 0.2) is 0 Å². The minimum Gasteiger partial charge on any atom is -0.497 e. The molecule has 5 atom stereocenters. The monoisotopic (exact) mass is 650 g/mol. The largest absolute Gasteiger partial charge is 0.497 e. The van der Waals surface area contributed by atoms with E-state index in [0.29, 0.717) is 24.5 Å². The molecule has 250 valence electrons. The van der Waals surface area contributed by atoms with E-state index in [1.54, 1.807) is 12.0 Å². The van der Waals surface area contributed by atoms with E-state index in [9.17, 15) is 19.2 Å². The summed E-state index contributed by atoms with van der Waals surface area (Å²) in [7, 11) is 1.60. The number of amides is 5. The first-order valence-corrected chi connectivity index (χ1v) is 16.7. The summed E-state index contributed by atoms with van der Waals surface area (Å²) < 4.78 is 11.1. The number of ether oxygens (including phenoxy) is 2. The maximum Gasteiger partial charge on any atom is 0.415 e. The number of hydrogen-bond donors (Lipinski definition) is 0. The number of carbonyl (C=O) groups is 4. The van der Waals surface area contributed by atoms with E-state index < -0.39 is 23.7 Å². The predicted octanol–water partition coefficient (Wildman–Crippen LogP) is 5.60. The van der Waals surface area contributed by atoms with Gasteiger partial charge in [-0.25, -0.2) is 9.59 Å². The lowest BCUT2D eigenvalue weighted by molar-refractivity contribution is -0.162. The molecule has 0 bridgehead atoms. The Kier molecular flexibility index (Phi) is 8.13. The number of piperidine rings is 1. The zero-order valence-corrected chi connectivity index (χ0v) is 27.9. The van der Waals surface area contributed by atoms with E-state index in [4.69, 9.17) is 9.47 Å². The Labute approximate surface area is 281 Å². The van der Waals surface area contributed by atoms with E-state index in [1.165, 1.54) is 10.5 Å². The molecule has 4 aliphatic heterocycles. The van der Waals surface area contributed by atoms with Gasteiger partial charge in [0, 0.05) is 24.7 Å². The van der Waals surface area contributed by atoms with Crippen LogP contribution >= 0.6 is 0 Å². The van der Waals surface area contributed by atoms with E-state index in [0.717, 1.165) is 24.0 Å². The topological polar surface area (TPSA) is 99.5 Å². The first kappa shape index (κ1) is 31.7. The number of fused-ring (bicyclic) bond motifs is 4. The Morgan fingerprint density at radius 1 is 0.833 bits per heavy atom. The highest BCUT2D eigenvalue weighted by molar-refractivity contribution is 6.10. The number of hydrogen-bond acceptors (Lipinski definition) is 6. The van der Waals surface area contributed by atoms with Crippen LogP contribution in [-0.2, 0) is 27.3 Å². The van der Waals surface area contributed by atoms with Gasteiger partial charge in [0.25, 0.3) is 0 Å². The van der Waals surface area contributed by atoms with Crippen LogP contribution in [0.2, 0.25) is 0 Å². The van der Waals surface area contributed by atoms with Gasteiger partial charge in [0.1, 0.15) is 17.4 Å². The van der Waals surface area contributed by atoms with Crippen molar-refractivity contribution in [2.45, 2.75) is 76.2 Å². The van der Waals surface area contributed by atoms with E-state index in [1.807, 2.05) is 97.3 Å².